The van der Waals surface area contributed by atoms with Crippen LogP contribution in [0.5, 0.6) is 5.75 Å². The summed E-state index contributed by atoms with van der Waals surface area (Å²) in [6, 6.07) is 10.7. The summed E-state index contributed by atoms with van der Waals surface area (Å²) in [6.45, 7) is 1.70. The number of methoxy groups -OCH3 is 1. The van der Waals surface area contributed by atoms with Crippen molar-refractivity contribution in [2.75, 3.05) is 7.11 Å². The van der Waals surface area contributed by atoms with E-state index in [1.807, 2.05) is 22.6 Å². The Hall–Kier alpha value is -3.32. The number of hydrogen-bond donors (Lipinski definition) is 1. The van der Waals surface area contributed by atoms with Crippen LogP contribution in [0.25, 0.3) is 16.8 Å². The second kappa shape index (κ2) is 7.97. The lowest BCUT2D eigenvalue weighted by Crippen LogP contribution is -2.03. The minimum atomic E-state index is -0.605. The van der Waals surface area contributed by atoms with Crippen molar-refractivity contribution in [3.63, 3.8) is 0 Å². The van der Waals surface area contributed by atoms with E-state index in [1.165, 1.54) is 6.07 Å². The van der Waals surface area contributed by atoms with Crippen LogP contribution in [-0.2, 0) is 12.8 Å². The molecule has 0 aliphatic rings. The molecule has 0 amide bonds. The van der Waals surface area contributed by atoms with Crippen molar-refractivity contribution < 1.29 is 14.2 Å². The van der Waals surface area contributed by atoms with Gasteiger partial charge in [-0.15, -0.1) is 10.2 Å². The molecule has 0 fully saturated rings. The number of nitrogens with zero attached hydrogens (tertiary/aromatic N) is 4. The van der Waals surface area contributed by atoms with Crippen LogP contribution in [0, 0.1) is 5.82 Å². The second-order valence-corrected chi connectivity index (χ2v) is 6.87. The first kappa shape index (κ1) is 19.0. The number of benzene rings is 1. The highest BCUT2D eigenvalue weighted by molar-refractivity contribution is 5.77. The molecule has 1 atom stereocenters. The Morgan fingerprint density at radius 2 is 2.03 bits per heavy atom. The zero-order valence-electron chi connectivity index (χ0n) is 16.2. The number of ether oxygens (including phenoxy) is 1. The molecule has 1 aromatic carbocycles. The number of fused-ring (bicyclic) bond motifs is 1. The van der Waals surface area contributed by atoms with Gasteiger partial charge >= 0.3 is 0 Å². The average Bonchev–Trinajstić information content (AvgIpc) is 3.22. The van der Waals surface area contributed by atoms with Gasteiger partial charge < -0.3 is 9.84 Å². The van der Waals surface area contributed by atoms with Crippen LogP contribution >= 0.6 is 0 Å². The molecule has 0 radical (unpaired) electrons. The molecular weight excluding hydrogens is 371 g/mol. The number of pyridine rings is 2. The molecule has 29 heavy (non-hydrogen) atoms. The van der Waals surface area contributed by atoms with Gasteiger partial charge in [-0.25, -0.2) is 4.39 Å². The van der Waals surface area contributed by atoms with Crippen molar-refractivity contribution in [1.29, 1.82) is 0 Å². The minimum absolute atomic E-state index is 0.276. The van der Waals surface area contributed by atoms with E-state index in [0.717, 1.165) is 22.4 Å². The Labute approximate surface area is 167 Å². The Morgan fingerprint density at radius 1 is 1.17 bits per heavy atom. The number of aliphatic hydroxyl groups is 1. The third-order valence-corrected chi connectivity index (χ3v) is 5.02. The highest BCUT2D eigenvalue weighted by atomic mass is 19.1. The lowest BCUT2D eigenvalue weighted by molar-refractivity contribution is 0.199. The fraction of sp³-hybridized carbons (Fsp3) is 0.227. The normalized spacial score (nSPS) is 12.3. The summed E-state index contributed by atoms with van der Waals surface area (Å²) >= 11 is 0. The highest BCUT2D eigenvalue weighted by Gasteiger charge is 2.14. The van der Waals surface area contributed by atoms with Gasteiger partial charge in [-0.05, 0) is 55.7 Å². The van der Waals surface area contributed by atoms with Crippen molar-refractivity contribution in [2.24, 2.45) is 0 Å². The van der Waals surface area contributed by atoms with Gasteiger partial charge in [0.2, 0.25) is 0 Å². The average molecular weight is 392 g/mol. The van der Waals surface area contributed by atoms with Crippen LogP contribution in [0.1, 0.15) is 29.8 Å². The van der Waals surface area contributed by atoms with E-state index in [-0.39, 0.29) is 5.82 Å². The first-order valence-electron chi connectivity index (χ1n) is 9.35. The third-order valence-electron chi connectivity index (χ3n) is 5.02. The summed E-state index contributed by atoms with van der Waals surface area (Å²) in [7, 11) is 1.54. The largest absolute Gasteiger partial charge is 0.496 e. The summed E-state index contributed by atoms with van der Waals surface area (Å²) in [5.74, 6) is 0.268. The number of hydrogen-bond acceptors (Lipinski definition) is 5. The van der Waals surface area contributed by atoms with Crippen LogP contribution in [-0.4, -0.2) is 31.8 Å². The van der Waals surface area contributed by atoms with E-state index in [4.69, 9.17) is 4.74 Å². The molecule has 6 nitrogen and oxygen atoms in total. The summed E-state index contributed by atoms with van der Waals surface area (Å²) in [5.41, 5.74) is 4.64. The third kappa shape index (κ3) is 3.69. The quantitative estimate of drug-likeness (QED) is 0.541. The lowest BCUT2D eigenvalue weighted by atomic mass is 10.0. The lowest BCUT2D eigenvalue weighted by Gasteiger charge is -2.12. The molecule has 1 N–H and O–H groups in total. The maximum atomic E-state index is 14.2. The fourth-order valence-electron chi connectivity index (χ4n) is 3.45. The van der Waals surface area contributed by atoms with Gasteiger partial charge in [0.05, 0.1) is 13.2 Å². The van der Waals surface area contributed by atoms with Crippen LogP contribution < -0.4 is 4.74 Å². The minimum Gasteiger partial charge on any atom is -0.496 e. The van der Waals surface area contributed by atoms with Gasteiger partial charge in [0, 0.05) is 34.8 Å². The number of rotatable bonds is 6. The Bertz CT molecular complexity index is 1160. The number of aryl methyl sites for hydroxylation is 1. The summed E-state index contributed by atoms with van der Waals surface area (Å²) in [5, 5.41) is 18.2. The van der Waals surface area contributed by atoms with E-state index in [2.05, 4.69) is 15.2 Å². The molecule has 148 valence electrons. The molecule has 0 saturated heterocycles. The maximum Gasteiger partial charge on any atom is 0.168 e. The standard InChI is InChI=1S/C22H21FN4O2/c1-14(28)15-10-16(12-24-11-15)18-8-6-17(27-13-25-26-22(18)27)7-9-19-20(23)4-3-5-21(19)29-2/h3-6,8,10-14,28H,7,9H2,1-2H3. The van der Waals surface area contributed by atoms with Gasteiger partial charge in [0.15, 0.2) is 5.65 Å². The van der Waals surface area contributed by atoms with Crippen molar-refractivity contribution in [3.05, 3.63) is 77.8 Å². The molecule has 0 spiro atoms. The predicted octanol–water partition coefficient (Wildman–Crippen LogP) is 3.78. The van der Waals surface area contributed by atoms with Gasteiger partial charge in [0.25, 0.3) is 0 Å². The van der Waals surface area contributed by atoms with Crippen LogP contribution in [0.15, 0.2) is 55.1 Å². The smallest absolute Gasteiger partial charge is 0.168 e. The molecule has 1 unspecified atom stereocenters. The van der Waals surface area contributed by atoms with Crippen LogP contribution in [0.4, 0.5) is 4.39 Å². The number of halogens is 1. The number of aromatic nitrogens is 4. The summed E-state index contributed by atoms with van der Waals surface area (Å²) in [6.07, 6.45) is 5.51. The molecule has 0 saturated carbocycles. The van der Waals surface area contributed by atoms with E-state index < -0.39 is 6.10 Å². The van der Waals surface area contributed by atoms with Crippen molar-refractivity contribution in [3.8, 4) is 16.9 Å². The Balaban J connectivity index is 1.68. The monoisotopic (exact) mass is 392 g/mol. The molecule has 0 bridgehead atoms. The highest BCUT2D eigenvalue weighted by Crippen LogP contribution is 2.27. The van der Waals surface area contributed by atoms with E-state index >= 15 is 0 Å². The van der Waals surface area contributed by atoms with Gasteiger partial charge in [-0.1, -0.05) is 6.07 Å². The first-order chi connectivity index (χ1) is 14.1. The van der Waals surface area contributed by atoms with Crippen LogP contribution in [0.3, 0.4) is 0 Å². The summed E-state index contributed by atoms with van der Waals surface area (Å²) in [4.78, 5) is 4.23. The molecular formula is C22H21FN4O2. The zero-order valence-corrected chi connectivity index (χ0v) is 16.2. The molecule has 7 heteroatoms. The molecule has 4 rings (SSSR count). The van der Waals surface area contributed by atoms with Crippen molar-refractivity contribution in [2.45, 2.75) is 25.9 Å². The molecule has 0 aliphatic heterocycles. The van der Waals surface area contributed by atoms with Gasteiger partial charge in [-0.2, -0.15) is 0 Å². The van der Waals surface area contributed by atoms with E-state index in [1.54, 1.807) is 44.9 Å². The van der Waals surface area contributed by atoms with E-state index in [0.29, 0.717) is 29.8 Å². The maximum absolute atomic E-state index is 14.2. The van der Waals surface area contributed by atoms with Gasteiger partial charge in [0.1, 0.15) is 17.9 Å². The molecule has 3 heterocycles. The van der Waals surface area contributed by atoms with Crippen molar-refractivity contribution in [1.82, 2.24) is 19.6 Å². The van der Waals surface area contributed by atoms with Crippen molar-refractivity contribution >= 4 is 5.65 Å². The SMILES string of the molecule is COc1cccc(F)c1CCc1ccc(-c2cncc(C(C)O)c2)c2nncn12. The molecule has 4 aromatic rings. The fourth-order valence-corrected chi connectivity index (χ4v) is 3.45. The predicted molar refractivity (Wildman–Crippen MR) is 107 cm³/mol. The number of aliphatic hydroxyl groups excluding tert-OH is 1. The second-order valence-electron chi connectivity index (χ2n) is 6.87. The first-order valence-corrected chi connectivity index (χ1v) is 9.35. The molecule has 3 aromatic heterocycles. The Morgan fingerprint density at radius 3 is 2.83 bits per heavy atom. The molecule has 0 aliphatic carbocycles. The zero-order chi connectivity index (χ0) is 20.4. The van der Waals surface area contributed by atoms with Crippen LogP contribution in [0.2, 0.25) is 0 Å². The summed E-state index contributed by atoms with van der Waals surface area (Å²) < 4.78 is 21.4. The van der Waals surface area contributed by atoms with Gasteiger partial charge in [-0.3, -0.25) is 9.38 Å². The topological polar surface area (TPSA) is 72.5 Å². The Kier molecular flexibility index (Phi) is 5.22. The van der Waals surface area contributed by atoms with E-state index in [9.17, 15) is 9.50 Å².